The first-order chi connectivity index (χ1) is 15.6. The summed E-state index contributed by atoms with van der Waals surface area (Å²) in [4.78, 5) is 30.0. The van der Waals surface area contributed by atoms with Crippen molar-refractivity contribution in [1.29, 1.82) is 0 Å². The second kappa shape index (κ2) is 8.50. The number of para-hydroxylation sites is 1. The number of benzene rings is 3. The Kier molecular flexibility index (Phi) is 5.39. The second-order valence-electron chi connectivity index (χ2n) is 8.45. The van der Waals surface area contributed by atoms with Gasteiger partial charge in [0.2, 0.25) is 0 Å². The van der Waals surface area contributed by atoms with Crippen molar-refractivity contribution in [3.05, 3.63) is 101 Å². The highest BCUT2D eigenvalue weighted by Gasteiger charge is 2.29. The molecule has 1 atom stereocenters. The minimum absolute atomic E-state index is 0.0208. The molecule has 32 heavy (non-hydrogen) atoms. The molecule has 0 saturated carbocycles. The molecule has 1 saturated heterocycles. The number of piperazine rings is 1. The SMILES string of the molecule is Cc1ccccc1N1CCN(C(=O)c2ccc3c(c2)C[C@H](c2ccccc2)OC3=O)CC1. The van der Waals surface area contributed by atoms with E-state index in [-0.39, 0.29) is 18.0 Å². The smallest absolute Gasteiger partial charge is 0.339 e. The summed E-state index contributed by atoms with van der Waals surface area (Å²) in [5.74, 6) is -0.307. The van der Waals surface area contributed by atoms with Gasteiger partial charge < -0.3 is 14.5 Å². The van der Waals surface area contributed by atoms with Crippen molar-refractivity contribution in [2.24, 2.45) is 0 Å². The number of esters is 1. The number of nitrogens with zero attached hydrogens (tertiary/aromatic N) is 2. The van der Waals surface area contributed by atoms with Gasteiger partial charge in [-0.3, -0.25) is 4.79 Å². The molecule has 0 unspecified atom stereocenters. The molecule has 3 aromatic rings. The van der Waals surface area contributed by atoms with Gasteiger partial charge in [-0.2, -0.15) is 0 Å². The molecule has 5 heteroatoms. The molecule has 162 valence electrons. The van der Waals surface area contributed by atoms with Crippen LogP contribution in [0.25, 0.3) is 0 Å². The zero-order valence-corrected chi connectivity index (χ0v) is 18.2. The van der Waals surface area contributed by atoms with E-state index in [0.29, 0.717) is 30.6 Å². The minimum Gasteiger partial charge on any atom is -0.454 e. The lowest BCUT2D eigenvalue weighted by Gasteiger charge is -2.37. The Bertz CT molecular complexity index is 1150. The molecular formula is C27H26N2O3. The lowest BCUT2D eigenvalue weighted by molar-refractivity contribution is 0.0252. The standard InChI is InChI=1S/C27H26N2O3/c1-19-7-5-6-10-24(19)28-13-15-29(16-14-28)26(30)21-11-12-23-22(17-21)18-25(32-27(23)31)20-8-3-2-4-9-20/h2-12,17,25H,13-16,18H2,1H3/t25-/m1/s1. The van der Waals surface area contributed by atoms with Crippen molar-refractivity contribution in [3.63, 3.8) is 0 Å². The second-order valence-corrected chi connectivity index (χ2v) is 8.45. The lowest BCUT2D eigenvalue weighted by Crippen LogP contribution is -2.49. The summed E-state index contributed by atoms with van der Waals surface area (Å²) in [6.07, 6.45) is 0.256. The number of amides is 1. The number of carbonyl (C=O) groups is 2. The number of fused-ring (bicyclic) bond motifs is 1. The van der Waals surface area contributed by atoms with Crippen molar-refractivity contribution in [3.8, 4) is 0 Å². The molecule has 1 amide bonds. The van der Waals surface area contributed by atoms with Gasteiger partial charge in [-0.05, 0) is 47.9 Å². The van der Waals surface area contributed by atoms with Crippen LogP contribution in [0.15, 0.2) is 72.8 Å². The number of cyclic esters (lactones) is 1. The zero-order chi connectivity index (χ0) is 22.1. The summed E-state index contributed by atoms with van der Waals surface area (Å²) in [7, 11) is 0. The Morgan fingerprint density at radius 1 is 0.906 bits per heavy atom. The number of ether oxygens (including phenoxy) is 1. The summed E-state index contributed by atoms with van der Waals surface area (Å²) in [6.45, 7) is 5.10. The number of anilines is 1. The fraction of sp³-hybridized carbons (Fsp3) is 0.259. The first-order valence-electron chi connectivity index (χ1n) is 11.1. The van der Waals surface area contributed by atoms with Gasteiger partial charge in [0.25, 0.3) is 5.91 Å². The first kappa shape index (κ1) is 20.3. The Morgan fingerprint density at radius 3 is 2.38 bits per heavy atom. The van der Waals surface area contributed by atoms with E-state index < -0.39 is 0 Å². The van der Waals surface area contributed by atoms with Gasteiger partial charge >= 0.3 is 5.97 Å². The molecule has 0 spiro atoms. The van der Waals surface area contributed by atoms with Crippen molar-refractivity contribution in [2.75, 3.05) is 31.1 Å². The van der Waals surface area contributed by atoms with E-state index in [0.717, 1.165) is 24.2 Å². The number of carbonyl (C=O) groups excluding carboxylic acids is 2. The molecule has 2 aliphatic heterocycles. The fourth-order valence-electron chi connectivity index (χ4n) is 4.63. The quantitative estimate of drug-likeness (QED) is 0.582. The van der Waals surface area contributed by atoms with Crippen LogP contribution in [0.3, 0.4) is 0 Å². The summed E-state index contributed by atoms with van der Waals surface area (Å²) in [6, 6.07) is 23.5. The summed E-state index contributed by atoms with van der Waals surface area (Å²) in [5, 5.41) is 0. The molecule has 0 aromatic heterocycles. The number of hydrogen-bond acceptors (Lipinski definition) is 4. The third-order valence-electron chi connectivity index (χ3n) is 6.42. The largest absolute Gasteiger partial charge is 0.454 e. The van der Waals surface area contributed by atoms with Gasteiger partial charge in [-0.25, -0.2) is 4.79 Å². The molecule has 1 fully saturated rings. The molecule has 2 aliphatic rings. The normalized spacial score (nSPS) is 18.2. The van der Waals surface area contributed by atoms with Crippen LogP contribution in [0.2, 0.25) is 0 Å². The Morgan fingerprint density at radius 2 is 1.62 bits per heavy atom. The van der Waals surface area contributed by atoms with Gasteiger partial charge in [0.05, 0.1) is 5.56 Å². The predicted octanol–water partition coefficient (Wildman–Crippen LogP) is 4.41. The number of aryl methyl sites for hydroxylation is 1. The Balaban J connectivity index is 1.31. The van der Waals surface area contributed by atoms with Crippen LogP contribution in [0, 0.1) is 6.92 Å². The van der Waals surface area contributed by atoms with Gasteiger partial charge in [0, 0.05) is 43.9 Å². The van der Waals surface area contributed by atoms with E-state index in [1.54, 1.807) is 12.1 Å². The number of rotatable bonds is 3. The van der Waals surface area contributed by atoms with E-state index >= 15 is 0 Å². The molecule has 5 nitrogen and oxygen atoms in total. The topological polar surface area (TPSA) is 49.9 Å². The highest BCUT2D eigenvalue weighted by Crippen LogP contribution is 2.31. The molecule has 2 heterocycles. The van der Waals surface area contributed by atoms with E-state index in [4.69, 9.17) is 4.74 Å². The van der Waals surface area contributed by atoms with Crippen molar-refractivity contribution >= 4 is 17.6 Å². The minimum atomic E-state index is -0.328. The van der Waals surface area contributed by atoms with Crippen LogP contribution in [0.5, 0.6) is 0 Å². The third-order valence-corrected chi connectivity index (χ3v) is 6.42. The maximum atomic E-state index is 13.2. The molecule has 0 aliphatic carbocycles. The fourth-order valence-corrected chi connectivity index (χ4v) is 4.63. The van der Waals surface area contributed by atoms with Crippen LogP contribution < -0.4 is 4.90 Å². The van der Waals surface area contributed by atoms with Crippen molar-refractivity contribution in [1.82, 2.24) is 4.90 Å². The van der Waals surface area contributed by atoms with Crippen LogP contribution in [0.1, 0.15) is 43.5 Å². The van der Waals surface area contributed by atoms with Gasteiger partial charge in [-0.1, -0.05) is 48.5 Å². The average Bonchev–Trinajstić information content (AvgIpc) is 2.84. The van der Waals surface area contributed by atoms with E-state index in [1.807, 2.05) is 47.4 Å². The maximum Gasteiger partial charge on any atom is 0.339 e. The van der Waals surface area contributed by atoms with E-state index in [9.17, 15) is 9.59 Å². The van der Waals surface area contributed by atoms with Gasteiger partial charge in [-0.15, -0.1) is 0 Å². The first-order valence-corrected chi connectivity index (χ1v) is 11.1. The Hall–Kier alpha value is -3.60. The van der Waals surface area contributed by atoms with Crippen molar-refractivity contribution < 1.29 is 14.3 Å². The highest BCUT2D eigenvalue weighted by atomic mass is 16.5. The molecule has 0 bridgehead atoms. The predicted molar refractivity (Wildman–Crippen MR) is 124 cm³/mol. The molecule has 0 radical (unpaired) electrons. The maximum absolute atomic E-state index is 13.2. The Labute approximate surface area is 188 Å². The van der Waals surface area contributed by atoms with E-state index in [1.165, 1.54) is 11.3 Å². The summed E-state index contributed by atoms with van der Waals surface area (Å²) < 4.78 is 5.64. The van der Waals surface area contributed by atoms with Crippen LogP contribution >= 0.6 is 0 Å². The van der Waals surface area contributed by atoms with Gasteiger partial charge in [0.1, 0.15) is 6.10 Å². The monoisotopic (exact) mass is 426 g/mol. The zero-order valence-electron chi connectivity index (χ0n) is 18.2. The molecule has 5 rings (SSSR count). The number of hydrogen-bond donors (Lipinski definition) is 0. The van der Waals surface area contributed by atoms with Gasteiger partial charge in [0.15, 0.2) is 0 Å². The van der Waals surface area contributed by atoms with Crippen LogP contribution in [0.4, 0.5) is 5.69 Å². The van der Waals surface area contributed by atoms with E-state index in [2.05, 4.69) is 30.0 Å². The summed E-state index contributed by atoms with van der Waals surface area (Å²) in [5.41, 5.74) is 5.52. The molecular weight excluding hydrogens is 400 g/mol. The van der Waals surface area contributed by atoms with Crippen LogP contribution in [-0.4, -0.2) is 43.0 Å². The molecule has 3 aromatic carbocycles. The highest BCUT2D eigenvalue weighted by molar-refractivity contribution is 5.98. The van der Waals surface area contributed by atoms with Crippen LogP contribution in [-0.2, 0) is 11.2 Å². The summed E-state index contributed by atoms with van der Waals surface area (Å²) >= 11 is 0. The van der Waals surface area contributed by atoms with Crippen molar-refractivity contribution in [2.45, 2.75) is 19.4 Å². The lowest BCUT2D eigenvalue weighted by atomic mass is 9.93. The molecule has 0 N–H and O–H groups in total. The third kappa shape index (κ3) is 3.86. The average molecular weight is 427 g/mol.